The number of aromatic nitrogens is 2. The van der Waals surface area contributed by atoms with Gasteiger partial charge in [-0.1, -0.05) is 25.4 Å². The lowest BCUT2D eigenvalue weighted by molar-refractivity contribution is -0.0391. The quantitative estimate of drug-likeness (QED) is 0.754. The van der Waals surface area contributed by atoms with Crippen molar-refractivity contribution in [1.29, 1.82) is 0 Å². The van der Waals surface area contributed by atoms with Gasteiger partial charge in [0.25, 0.3) is 0 Å². The van der Waals surface area contributed by atoms with E-state index in [9.17, 15) is 0 Å². The molecule has 96 valence electrons. The maximum atomic E-state index is 6.19. The molecule has 0 radical (unpaired) electrons. The topological polar surface area (TPSA) is 35.0 Å². The van der Waals surface area contributed by atoms with Crippen molar-refractivity contribution in [3.63, 3.8) is 0 Å². The monoisotopic (exact) mass is 256 g/mol. The Balaban J connectivity index is 3.23. The predicted octanol–water partition coefficient (Wildman–Crippen LogP) is 3.66. The number of hydrogen-bond acceptors (Lipinski definition) is 3. The molecule has 1 atom stereocenters. The molecule has 0 N–H and O–H groups in total. The number of ether oxygens (including phenoxy) is 1. The second-order valence-electron chi connectivity index (χ2n) is 4.27. The molecular weight excluding hydrogens is 236 g/mol. The van der Waals surface area contributed by atoms with Crippen LogP contribution >= 0.6 is 11.6 Å². The zero-order valence-electron chi connectivity index (χ0n) is 11.3. The van der Waals surface area contributed by atoms with E-state index in [1.165, 1.54) is 0 Å². The molecule has 0 fully saturated rings. The lowest BCUT2D eigenvalue weighted by Gasteiger charge is -2.27. The fraction of sp³-hybridized carbons (Fsp3) is 0.692. The maximum absolute atomic E-state index is 6.19. The van der Waals surface area contributed by atoms with Gasteiger partial charge in [0.15, 0.2) is 5.82 Å². The van der Waals surface area contributed by atoms with Crippen LogP contribution in [0.2, 0.25) is 5.15 Å². The highest BCUT2D eigenvalue weighted by atomic mass is 35.5. The van der Waals surface area contributed by atoms with Crippen LogP contribution in [0.3, 0.4) is 0 Å². The predicted molar refractivity (Wildman–Crippen MR) is 70.4 cm³/mol. The van der Waals surface area contributed by atoms with E-state index in [-0.39, 0.29) is 0 Å². The summed E-state index contributed by atoms with van der Waals surface area (Å²) in [5, 5.41) is 0.550. The molecule has 3 nitrogen and oxygen atoms in total. The van der Waals surface area contributed by atoms with Gasteiger partial charge in [-0.3, -0.25) is 0 Å². The van der Waals surface area contributed by atoms with Gasteiger partial charge in [0.1, 0.15) is 10.8 Å². The van der Waals surface area contributed by atoms with E-state index >= 15 is 0 Å². The van der Waals surface area contributed by atoms with Crippen molar-refractivity contribution < 1.29 is 4.74 Å². The van der Waals surface area contributed by atoms with E-state index < -0.39 is 5.60 Å². The highest BCUT2D eigenvalue weighted by Crippen LogP contribution is 2.28. The van der Waals surface area contributed by atoms with Gasteiger partial charge in [-0.05, 0) is 33.6 Å². The average Bonchev–Trinajstić information content (AvgIpc) is 2.28. The summed E-state index contributed by atoms with van der Waals surface area (Å²) in [6, 6.07) is 0. The number of aryl methyl sites for hydroxylation is 1. The van der Waals surface area contributed by atoms with Gasteiger partial charge < -0.3 is 4.74 Å². The van der Waals surface area contributed by atoms with Crippen LogP contribution in [0.4, 0.5) is 0 Å². The summed E-state index contributed by atoms with van der Waals surface area (Å²) in [6.07, 6.45) is 1.67. The van der Waals surface area contributed by atoms with Crippen LogP contribution in [0.25, 0.3) is 0 Å². The molecular formula is C13H21ClN2O. The van der Waals surface area contributed by atoms with Gasteiger partial charge in [0.2, 0.25) is 0 Å². The van der Waals surface area contributed by atoms with E-state index in [1.54, 1.807) is 0 Å². The molecule has 1 aromatic rings. The molecule has 0 saturated carbocycles. The van der Waals surface area contributed by atoms with Crippen LogP contribution in [0, 0.1) is 6.92 Å². The number of rotatable bonds is 5. The first-order valence-corrected chi connectivity index (χ1v) is 6.53. The largest absolute Gasteiger partial charge is 0.368 e. The minimum absolute atomic E-state index is 0.449. The molecule has 1 unspecified atom stereocenters. The third-order valence-corrected chi connectivity index (χ3v) is 3.44. The van der Waals surface area contributed by atoms with Crippen molar-refractivity contribution in [3.8, 4) is 0 Å². The van der Waals surface area contributed by atoms with Gasteiger partial charge in [-0.15, -0.1) is 0 Å². The van der Waals surface area contributed by atoms with Crippen LogP contribution < -0.4 is 0 Å². The Labute approximate surface area is 109 Å². The van der Waals surface area contributed by atoms with E-state index in [0.717, 1.165) is 24.1 Å². The first-order valence-electron chi connectivity index (χ1n) is 6.15. The van der Waals surface area contributed by atoms with Crippen molar-refractivity contribution in [2.45, 2.75) is 53.1 Å². The summed E-state index contributed by atoms with van der Waals surface area (Å²) in [5.74, 6) is 0.682. The van der Waals surface area contributed by atoms with E-state index in [2.05, 4.69) is 23.8 Å². The minimum Gasteiger partial charge on any atom is -0.368 e. The fourth-order valence-electron chi connectivity index (χ4n) is 1.84. The van der Waals surface area contributed by atoms with Crippen molar-refractivity contribution in [1.82, 2.24) is 9.97 Å². The lowest BCUT2D eigenvalue weighted by atomic mass is 10.0. The molecule has 0 aliphatic carbocycles. The van der Waals surface area contributed by atoms with Gasteiger partial charge in [0.05, 0.1) is 0 Å². The second-order valence-corrected chi connectivity index (χ2v) is 4.63. The van der Waals surface area contributed by atoms with Crippen LogP contribution in [0.1, 0.15) is 51.2 Å². The standard InChI is InChI=1S/C13H21ClN2O/c1-6-10-9(4)15-12(16-11(10)14)13(5,7-2)17-8-3/h6-8H2,1-5H3. The Kier molecular flexibility index (Phi) is 4.90. The average molecular weight is 257 g/mol. The first-order chi connectivity index (χ1) is 7.98. The van der Waals surface area contributed by atoms with Crippen LogP contribution in [0.15, 0.2) is 0 Å². The molecule has 0 amide bonds. The minimum atomic E-state index is -0.449. The van der Waals surface area contributed by atoms with Gasteiger partial charge in [-0.25, -0.2) is 9.97 Å². The summed E-state index contributed by atoms with van der Waals surface area (Å²) in [6.45, 7) is 10.7. The summed E-state index contributed by atoms with van der Waals surface area (Å²) in [7, 11) is 0. The lowest BCUT2D eigenvalue weighted by Crippen LogP contribution is -2.28. The zero-order valence-corrected chi connectivity index (χ0v) is 12.1. The molecule has 0 aliphatic rings. The fourth-order valence-corrected chi connectivity index (χ4v) is 2.19. The third-order valence-electron chi connectivity index (χ3n) is 3.13. The molecule has 0 bridgehead atoms. The summed E-state index contributed by atoms with van der Waals surface area (Å²) < 4.78 is 5.76. The third kappa shape index (κ3) is 2.96. The zero-order chi connectivity index (χ0) is 13.1. The Bertz CT molecular complexity index is 372. The molecule has 1 rings (SSSR count). The van der Waals surface area contributed by atoms with E-state index in [4.69, 9.17) is 16.3 Å². The van der Waals surface area contributed by atoms with Gasteiger partial charge in [-0.2, -0.15) is 0 Å². The Morgan fingerprint density at radius 2 is 1.88 bits per heavy atom. The molecule has 1 aromatic heterocycles. The second kappa shape index (κ2) is 5.78. The van der Waals surface area contributed by atoms with Gasteiger partial charge in [0, 0.05) is 17.9 Å². The van der Waals surface area contributed by atoms with E-state index in [0.29, 0.717) is 17.6 Å². The molecule has 1 heterocycles. The summed E-state index contributed by atoms with van der Waals surface area (Å²) in [5.41, 5.74) is 1.52. The molecule has 0 aromatic carbocycles. The van der Waals surface area contributed by atoms with E-state index in [1.807, 2.05) is 20.8 Å². The first kappa shape index (κ1) is 14.4. The normalized spacial score (nSPS) is 14.7. The Morgan fingerprint density at radius 3 is 2.29 bits per heavy atom. The summed E-state index contributed by atoms with van der Waals surface area (Å²) in [4.78, 5) is 8.94. The van der Waals surface area contributed by atoms with Crippen LogP contribution in [-0.4, -0.2) is 16.6 Å². The molecule has 0 saturated heterocycles. The SMILES string of the molecule is CCOC(C)(CC)c1nc(C)c(CC)c(Cl)n1. The van der Waals surface area contributed by atoms with Crippen molar-refractivity contribution in [2.24, 2.45) is 0 Å². The smallest absolute Gasteiger partial charge is 0.161 e. The van der Waals surface area contributed by atoms with Crippen LogP contribution in [0.5, 0.6) is 0 Å². The highest BCUT2D eigenvalue weighted by Gasteiger charge is 2.29. The maximum Gasteiger partial charge on any atom is 0.161 e. The Morgan fingerprint density at radius 1 is 1.24 bits per heavy atom. The van der Waals surface area contributed by atoms with Crippen molar-refractivity contribution in [2.75, 3.05) is 6.61 Å². The molecule has 4 heteroatoms. The number of hydrogen-bond donors (Lipinski definition) is 0. The highest BCUT2D eigenvalue weighted by molar-refractivity contribution is 6.30. The summed E-state index contributed by atoms with van der Waals surface area (Å²) >= 11 is 6.19. The Hall–Kier alpha value is -0.670. The van der Waals surface area contributed by atoms with Gasteiger partial charge >= 0.3 is 0 Å². The van der Waals surface area contributed by atoms with Crippen molar-refractivity contribution >= 4 is 11.6 Å². The molecule has 0 spiro atoms. The molecule has 17 heavy (non-hydrogen) atoms. The number of halogens is 1. The van der Waals surface area contributed by atoms with Crippen LogP contribution in [-0.2, 0) is 16.8 Å². The number of nitrogens with zero attached hydrogens (tertiary/aromatic N) is 2. The molecule has 0 aliphatic heterocycles. The van der Waals surface area contributed by atoms with Crippen molar-refractivity contribution in [3.05, 3.63) is 22.2 Å².